The first-order valence-corrected chi connectivity index (χ1v) is 8.53. The largest absolute Gasteiger partial charge is 0.350 e. The molecule has 0 saturated carbocycles. The van der Waals surface area contributed by atoms with E-state index in [1.807, 2.05) is 5.38 Å². The summed E-state index contributed by atoms with van der Waals surface area (Å²) in [6, 6.07) is 7.19. The third-order valence-corrected chi connectivity index (χ3v) is 4.79. The maximum Gasteiger partial charge on any atom is 0.325 e. The van der Waals surface area contributed by atoms with Crippen LogP contribution in [0, 0.1) is 5.82 Å². The van der Waals surface area contributed by atoms with Gasteiger partial charge in [-0.25, -0.2) is 9.18 Å². The van der Waals surface area contributed by atoms with Crippen LogP contribution < -0.4 is 10.6 Å². The highest BCUT2D eigenvalue weighted by molar-refractivity contribution is 7.08. The van der Waals surface area contributed by atoms with Crippen LogP contribution >= 0.6 is 11.3 Å². The van der Waals surface area contributed by atoms with Gasteiger partial charge < -0.3 is 10.6 Å². The van der Waals surface area contributed by atoms with Crippen LogP contribution in [0.1, 0.15) is 18.1 Å². The van der Waals surface area contributed by atoms with Gasteiger partial charge in [-0.15, -0.1) is 0 Å². The lowest BCUT2D eigenvalue weighted by molar-refractivity contribution is -0.134. The Morgan fingerprint density at radius 3 is 2.76 bits per heavy atom. The molecule has 0 radical (unpaired) electrons. The fourth-order valence-electron chi connectivity index (χ4n) is 2.62. The highest BCUT2D eigenvalue weighted by atomic mass is 32.1. The number of urea groups is 1. The summed E-state index contributed by atoms with van der Waals surface area (Å²) in [6.07, 6.45) is 0. The molecule has 0 bridgehead atoms. The number of rotatable bonds is 5. The molecule has 4 amide bonds. The Kier molecular flexibility index (Phi) is 4.54. The van der Waals surface area contributed by atoms with E-state index in [9.17, 15) is 18.8 Å². The number of nitrogens with one attached hydrogen (secondary N) is 2. The van der Waals surface area contributed by atoms with Crippen molar-refractivity contribution in [2.45, 2.75) is 19.0 Å². The van der Waals surface area contributed by atoms with Crippen LogP contribution in [0.3, 0.4) is 0 Å². The van der Waals surface area contributed by atoms with Crippen LogP contribution in [0.2, 0.25) is 0 Å². The van der Waals surface area contributed by atoms with Crippen LogP contribution in [0.15, 0.2) is 41.1 Å². The van der Waals surface area contributed by atoms with E-state index in [-0.39, 0.29) is 6.54 Å². The first-order valence-electron chi connectivity index (χ1n) is 7.58. The lowest BCUT2D eigenvalue weighted by Gasteiger charge is -2.20. The van der Waals surface area contributed by atoms with E-state index >= 15 is 0 Å². The molecular formula is C17H16FN3O3S. The van der Waals surface area contributed by atoms with Crippen LogP contribution in [0.5, 0.6) is 0 Å². The molecule has 2 aromatic rings. The van der Waals surface area contributed by atoms with Gasteiger partial charge in [0.15, 0.2) is 0 Å². The molecule has 2 heterocycles. The molecule has 6 nitrogen and oxygen atoms in total. The highest BCUT2D eigenvalue weighted by Crippen LogP contribution is 2.30. The maximum atomic E-state index is 13.5. The van der Waals surface area contributed by atoms with Crippen LogP contribution in [0.4, 0.5) is 9.18 Å². The molecule has 1 saturated heterocycles. The minimum Gasteiger partial charge on any atom is -0.350 e. The molecule has 1 aromatic heterocycles. The average molecular weight is 361 g/mol. The molecule has 0 unspecified atom stereocenters. The minimum atomic E-state index is -1.18. The number of amides is 4. The number of hydrogen-bond donors (Lipinski definition) is 2. The molecule has 3 rings (SSSR count). The first kappa shape index (κ1) is 17.1. The second-order valence-electron chi connectivity index (χ2n) is 5.83. The summed E-state index contributed by atoms with van der Waals surface area (Å²) in [5.74, 6) is -1.46. The van der Waals surface area contributed by atoms with E-state index in [1.54, 1.807) is 36.6 Å². The molecule has 1 fully saturated rings. The number of hydrogen-bond acceptors (Lipinski definition) is 4. The fourth-order valence-corrected chi connectivity index (χ4v) is 3.38. The van der Waals surface area contributed by atoms with Gasteiger partial charge in [0.25, 0.3) is 5.91 Å². The van der Waals surface area contributed by atoms with Crippen molar-refractivity contribution in [2.75, 3.05) is 6.54 Å². The molecular weight excluding hydrogens is 345 g/mol. The fraction of sp³-hybridized carbons (Fsp3) is 0.235. The molecule has 1 aliphatic heterocycles. The molecule has 0 spiro atoms. The van der Waals surface area contributed by atoms with E-state index in [2.05, 4.69) is 10.6 Å². The number of carbonyl (C=O) groups is 3. The Labute approximate surface area is 147 Å². The van der Waals surface area contributed by atoms with Gasteiger partial charge in [0, 0.05) is 12.1 Å². The second-order valence-corrected chi connectivity index (χ2v) is 6.61. The van der Waals surface area contributed by atoms with Gasteiger partial charge >= 0.3 is 6.03 Å². The lowest BCUT2D eigenvalue weighted by atomic mass is 9.95. The predicted molar refractivity (Wildman–Crippen MR) is 90.2 cm³/mol. The van der Waals surface area contributed by atoms with Gasteiger partial charge in [0.2, 0.25) is 5.91 Å². The second kappa shape index (κ2) is 6.64. The summed E-state index contributed by atoms with van der Waals surface area (Å²) in [4.78, 5) is 37.7. The molecule has 25 heavy (non-hydrogen) atoms. The van der Waals surface area contributed by atoms with Crippen molar-refractivity contribution in [1.82, 2.24) is 15.5 Å². The summed E-state index contributed by atoms with van der Waals surface area (Å²) in [5.41, 5.74) is -0.176. The van der Waals surface area contributed by atoms with E-state index in [4.69, 9.17) is 0 Å². The van der Waals surface area contributed by atoms with Crippen molar-refractivity contribution < 1.29 is 18.8 Å². The highest BCUT2D eigenvalue weighted by Gasteiger charge is 2.49. The summed E-state index contributed by atoms with van der Waals surface area (Å²) in [7, 11) is 0. The molecule has 130 valence electrons. The average Bonchev–Trinajstić information content (AvgIpc) is 3.19. The van der Waals surface area contributed by atoms with Crippen molar-refractivity contribution in [3.8, 4) is 0 Å². The normalized spacial score (nSPS) is 19.8. The predicted octanol–water partition coefficient (Wildman–Crippen LogP) is 1.97. The standard InChI is InChI=1S/C17H16FN3O3S/c1-17(12-6-7-25-10-12)15(23)21(16(24)20-17)9-14(22)19-8-11-4-2-3-5-13(11)18/h2-7,10H,8-9H2,1H3,(H,19,22)(H,20,24)/t17-/m0/s1. The van der Waals surface area contributed by atoms with E-state index in [1.165, 1.54) is 17.4 Å². The number of imide groups is 1. The first-order chi connectivity index (χ1) is 11.9. The smallest absolute Gasteiger partial charge is 0.325 e. The topological polar surface area (TPSA) is 78.5 Å². The Hall–Kier alpha value is -2.74. The third kappa shape index (κ3) is 3.25. The quantitative estimate of drug-likeness (QED) is 0.800. The Bertz CT molecular complexity index is 824. The Balaban J connectivity index is 1.64. The zero-order chi connectivity index (χ0) is 18.0. The van der Waals surface area contributed by atoms with Crippen LogP contribution in [-0.4, -0.2) is 29.3 Å². The van der Waals surface area contributed by atoms with Crippen molar-refractivity contribution in [1.29, 1.82) is 0 Å². The number of halogens is 1. The zero-order valence-electron chi connectivity index (χ0n) is 13.4. The minimum absolute atomic E-state index is 0.0169. The zero-order valence-corrected chi connectivity index (χ0v) is 14.2. The number of nitrogens with zero attached hydrogens (tertiary/aromatic N) is 1. The van der Waals surface area contributed by atoms with E-state index < -0.39 is 35.7 Å². The third-order valence-electron chi connectivity index (χ3n) is 4.11. The molecule has 1 aromatic carbocycles. The molecule has 1 atom stereocenters. The Morgan fingerprint density at radius 1 is 1.32 bits per heavy atom. The number of carbonyl (C=O) groups excluding carboxylic acids is 3. The summed E-state index contributed by atoms with van der Waals surface area (Å²) in [6.45, 7) is 1.17. The van der Waals surface area contributed by atoms with Crippen LogP contribution in [-0.2, 0) is 21.7 Å². The molecule has 0 aliphatic carbocycles. The van der Waals surface area contributed by atoms with Gasteiger partial charge in [0.1, 0.15) is 17.9 Å². The number of benzene rings is 1. The van der Waals surface area contributed by atoms with E-state index in [0.29, 0.717) is 11.1 Å². The van der Waals surface area contributed by atoms with Crippen molar-refractivity contribution in [2.24, 2.45) is 0 Å². The van der Waals surface area contributed by atoms with Crippen molar-refractivity contribution in [3.63, 3.8) is 0 Å². The summed E-state index contributed by atoms with van der Waals surface area (Å²) < 4.78 is 13.5. The lowest BCUT2D eigenvalue weighted by Crippen LogP contribution is -2.43. The summed E-state index contributed by atoms with van der Waals surface area (Å²) >= 11 is 1.41. The van der Waals surface area contributed by atoms with Gasteiger partial charge in [0.05, 0.1) is 0 Å². The molecule has 8 heteroatoms. The maximum absolute atomic E-state index is 13.5. The molecule has 1 aliphatic rings. The Morgan fingerprint density at radius 2 is 2.08 bits per heavy atom. The van der Waals surface area contributed by atoms with Crippen molar-refractivity contribution >= 4 is 29.2 Å². The van der Waals surface area contributed by atoms with Crippen LogP contribution in [0.25, 0.3) is 0 Å². The van der Waals surface area contributed by atoms with Gasteiger partial charge in [-0.1, -0.05) is 18.2 Å². The van der Waals surface area contributed by atoms with E-state index in [0.717, 1.165) is 4.90 Å². The monoisotopic (exact) mass is 361 g/mol. The van der Waals surface area contributed by atoms with Gasteiger partial charge in [-0.2, -0.15) is 11.3 Å². The summed E-state index contributed by atoms with van der Waals surface area (Å²) in [5, 5.41) is 8.73. The number of thiophene rings is 1. The SMILES string of the molecule is C[C@@]1(c2ccsc2)NC(=O)N(CC(=O)NCc2ccccc2F)C1=O. The van der Waals surface area contributed by atoms with Gasteiger partial charge in [-0.05, 0) is 35.4 Å². The van der Waals surface area contributed by atoms with Gasteiger partial charge in [-0.3, -0.25) is 14.5 Å². The van der Waals surface area contributed by atoms with Crippen molar-refractivity contribution in [3.05, 3.63) is 58.0 Å². The molecule has 2 N–H and O–H groups in total.